The maximum Gasteiger partial charge on any atom is 0.433 e. The second kappa shape index (κ2) is 10.4. The zero-order valence-corrected chi connectivity index (χ0v) is 20.9. The molecule has 3 aromatic rings. The Labute approximate surface area is 206 Å². The third-order valence-electron chi connectivity index (χ3n) is 7.10. The molecule has 0 saturated carbocycles. The van der Waals surface area contributed by atoms with E-state index >= 15 is 0 Å². The monoisotopic (exact) mass is 482 g/mol. The molecule has 0 aliphatic heterocycles. The van der Waals surface area contributed by atoms with E-state index in [2.05, 4.69) is 17.1 Å². The van der Waals surface area contributed by atoms with E-state index in [0.717, 1.165) is 36.0 Å². The van der Waals surface area contributed by atoms with Crippen LogP contribution in [0.1, 0.15) is 66.2 Å². The van der Waals surface area contributed by atoms with Gasteiger partial charge >= 0.3 is 6.18 Å². The van der Waals surface area contributed by atoms with Crippen LogP contribution in [0.3, 0.4) is 0 Å². The van der Waals surface area contributed by atoms with E-state index in [0.29, 0.717) is 18.5 Å². The molecule has 0 unspecified atom stereocenters. The lowest BCUT2D eigenvalue weighted by atomic mass is 9.87. The Hall–Kier alpha value is -2.86. The molecule has 35 heavy (non-hydrogen) atoms. The molecule has 1 aromatic heterocycles. The van der Waals surface area contributed by atoms with E-state index in [1.54, 1.807) is 6.07 Å². The standard InChI is InChI=1S/C29H33F3N2O/c1-5-19-12-9-13-20(6-2)27(19)24-17-26(35-4)23(28(33-24)29(30,31)32)18-34(3)25-16-10-14-21-11-7-8-15-22(21)25/h7-9,11-13,15,17,25H,5-6,10,14,16,18H2,1-4H3/t25-/m0/s1. The van der Waals surface area contributed by atoms with Crippen molar-refractivity contribution in [2.24, 2.45) is 0 Å². The fraction of sp³-hybridized carbons (Fsp3) is 0.414. The average molecular weight is 483 g/mol. The molecule has 186 valence electrons. The number of aryl methyl sites for hydroxylation is 3. The Morgan fingerprint density at radius 1 is 1.03 bits per heavy atom. The zero-order valence-electron chi connectivity index (χ0n) is 20.9. The molecule has 0 bridgehead atoms. The molecule has 3 nitrogen and oxygen atoms in total. The van der Waals surface area contributed by atoms with Gasteiger partial charge in [-0.25, -0.2) is 4.98 Å². The molecule has 1 atom stereocenters. The highest BCUT2D eigenvalue weighted by Gasteiger charge is 2.38. The van der Waals surface area contributed by atoms with Crippen molar-refractivity contribution < 1.29 is 17.9 Å². The van der Waals surface area contributed by atoms with Crippen LogP contribution < -0.4 is 4.74 Å². The van der Waals surface area contributed by atoms with Crippen molar-refractivity contribution in [2.75, 3.05) is 14.2 Å². The van der Waals surface area contributed by atoms with Crippen LogP contribution in [-0.4, -0.2) is 24.0 Å². The van der Waals surface area contributed by atoms with Crippen LogP contribution in [0.4, 0.5) is 13.2 Å². The maximum atomic E-state index is 14.4. The van der Waals surface area contributed by atoms with Gasteiger partial charge in [-0.3, -0.25) is 4.90 Å². The van der Waals surface area contributed by atoms with Gasteiger partial charge in [0.05, 0.1) is 12.8 Å². The summed E-state index contributed by atoms with van der Waals surface area (Å²) in [4.78, 5) is 6.25. The van der Waals surface area contributed by atoms with Gasteiger partial charge in [0, 0.05) is 29.8 Å². The minimum Gasteiger partial charge on any atom is -0.496 e. The second-order valence-corrected chi connectivity index (χ2v) is 9.21. The number of fused-ring (bicyclic) bond motifs is 1. The molecule has 0 N–H and O–H groups in total. The van der Waals surface area contributed by atoms with Crippen molar-refractivity contribution >= 4 is 0 Å². The van der Waals surface area contributed by atoms with E-state index in [9.17, 15) is 13.2 Å². The predicted molar refractivity (Wildman–Crippen MR) is 134 cm³/mol. The van der Waals surface area contributed by atoms with Crippen molar-refractivity contribution in [3.05, 3.63) is 82.0 Å². The van der Waals surface area contributed by atoms with Gasteiger partial charge in [0.15, 0.2) is 5.69 Å². The predicted octanol–water partition coefficient (Wildman–Crippen LogP) is 7.41. The van der Waals surface area contributed by atoms with E-state index in [1.165, 1.54) is 18.2 Å². The fourth-order valence-electron chi connectivity index (χ4n) is 5.36. The van der Waals surface area contributed by atoms with Crippen LogP contribution in [0.15, 0.2) is 48.5 Å². The third kappa shape index (κ3) is 5.08. The molecule has 1 heterocycles. The van der Waals surface area contributed by atoms with Gasteiger partial charge in [0.1, 0.15) is 5.75 Å². The molecule has 1 aliphatic carbocycles. The first-order chi connectivity index (χ1) is 16.8. The molecule has 6 heteroatoms. The van der Waals surface area contributed by atoms with E-state index in [1.807, 2.05) is 56.1 Å². The number of rotatable bonds is 7. The number of ether oxygens (including phenoxy) is 1. The number of alkyl halides is 3. The van der Waals surface area contributed by atoms with Crippen molar-refractivity contribution in [1.29, 1.82) is 0 Å². The fourth-order valence-corrected chi connectivity index (χ4v) is 5.36. The summed E-state index contributed by atoms with van der Waals surface area (Å²) in [5, 5.41) is 0. The highest BCUT2D eigenvalue weighted by atomic mass is 19.4. The SMILES string of the molecule is CCc1cccc(CC)c1-c1cc(OC)c(CN(C)[C@H]2CCCc3ccccc32)c(C(F)(F)F)n1. The molecule has 2 aromatic carbocycles. The molecule has 0 fully saturated rings. The summed E-state index contributed by atoms with van der Waals surface area (Å²) in [5.41, 5.74) is 4.75. The molecule has 0 amide bonds. The summed E-state index contributed by atoms with van der Waals surface area (Å²) in [6, 6.07) is 15.8. The zero-order chi connectivity index (χ0) is 25.2. The van der Waals surface area contributed by atoms with E-state index < -0.39 is 11.9 Å². The number of nitrogens with zero attached hydrogens (tertiary/aromatic N) is 2. The minimum absolute atomic E-state index is 0.0536. The lowest BCUT2D eigenvalue weighted by molar-refractivity contribution is -0.142. The van der Waals surface area contributed by atoms with Gasteiger partial charge in [-0.05, 0) is 61.4 Å². The number of methoxy groups -OCH3 is 1. The van der Waals surface area contributed by atoms with Gasteiger partial charge in [-0.15, -0.1) is 0 Å². The Morgan fingerprint density at radius 3 is 2.34 bits per heavy atom. The Bertz CT molecular complexity index is 1170. The van der Waals surface area contributed by atoms with Gasteiger partial charge in [0.2, 0.25) is 0 Å². The third-order valence-corrected chi connectivity index (χ3v) is 7.10. The number of hydrogen-bond donors (Lipinski definition) is 0. The Kier molecular flexibility index (Phi) is 7.50. The van der Waals surface area contributed by atoms with Crippen LogP contribution in [0.2, 0.25) is 0 Å². The van der Waals surface area contributed by atoms with Gasteiger partial charge < -0.3 is 4.74 Å². The van der Waals surface area contributed by atoms with E-state index in [-0.39, 0.29) is 23.9 Å². The topological polar surface area (TPSA) is 25.4 Å². The molecule has 0 spiro atoms. The first-order valence-electron chi connectivity index (χ1n) is 12.3. The first kappa shape index (κ1) is 25.2. The quantitative estimate of drug-likeness (QED) is 0.351. The van der Waals surface area contributed by atoms with Gasteiger partial charge in [-0.2, -0.15) is 13.2 Å². The van der Waals surface area contributed by atoms with Gasteiger partial charge in [-0.1, -0.05) is 56.3 Å². The number of hydrogen-bond acceptors (Lipinski definition) is 3. The largest absolute Gasteiger partial charge is 0.496 e. The Balaban J connectivity index is 1.81. The average Bonchev–Trinajstić information content (AvgIpc) is 2.87. The van der Waals surface area contributed by atoms with Crippen LogP contribution in [0.5, 0.6) is 5.75 Å². The van der Waals surface area contributed by atoms with Gasteiger partial charge in [0.25, 0.3) is 0 Å². The molecule has 0 radical (unpaired) electrons. The number of benzene rings is 2. The summed E-state index contributed by atoms with van der Waals surface area (Å²) in [5.74, 6) is 0.228. The maximum absolute atomic E-state index is 14.4. The van der Waals surface area contributed by atoms with Crippen molar-refractivity contribution in [3.63, 3.8) is 0 Å². The Morgan fingerprint density at radius 2 is 1.71 bits per heavy atom. The molecular weight excluding hydrogens is 449 g/mol. The van der Waals surface area contributed by atoms with Crippen molar-refractivity contribution in [1.82, 2.24) is 9.88 Å². The molecular formula is C29H33F3N2O. The lowest BCUT2D eigenvalue weighted by Crippen LogP contribution is -2.29. The van der Waals surface area contributed by atoms with E-state index in [4.69, 9.17) is 4.74 Å². The highest BCUT2D eigenvalue weighted by molar-refractivity contribution is 5.70. The molecule has 1 aliphatic rings. The van der Waals surface area contributed by atoms with Crippen LogP contribution in [0.25, 0.3) is 11.3 Å². The summed E-state index contributed by atoms with van der Waals surface area (Å²) >= 11 is 0. The van der Waals surface area contributed by atoms with Crippen LogP contribution >= 0.6 is 0 Å². The second-order valence-electron chi connectivity index (χ2n) is 9.21. The minimum atomic E-state index is -4.60. The summed E-state index contributed by atoms with van der Waals surface area (Å²) in [6.45, 7) is 4.11. The summed E-state index contributed by atoms with van der Waals surface area (Å²) in [7, 11) is 3.33. The first-order valence-corrected chi connectivity index (χ1v) is 12.3. The normalized spacial score (nSPS) is 15.8. The highest BCUT2D eigenvalue weighted by Crippen LogP contribution is 2.41. The smallest absolute Gasteiger partial charge is 0.433 e. The van der Waals surface area contributed by atoms with Crippen LogP contribution in [0, 0.1) is 0 Å². The van der Waals surface area contributed by atoms with Crippen LogP contribution in [-0.2, 0) is 32.0 Å². The molecule has 0 saturated heterocycles. The van der Waals surface area contributed by atoms with Crippen molar-refractivity contribution in [3.8, 4) is 17.0 Å². The molecule has 4 rings (SSSR count). The number of pyridine rings is 1. The number of aromatic nitrogens is 1. The van der Waals surface area contributed by atoms with Crippen molar-refractivity contribution in [2.45, 2.75) is 64.7 Å². The summed E-state index contributed by atoms with van der Waals surface area (Å²) in [6.07, 6.45) is -0.255. The summed E-state index contributed by atoms with van der Waals surface area (Å²) < 4.78 is 48.8. The number of halogens is 3. The lowest BCUT2D eigenvalue weighted by Gasteiger charge is -2.34.